The van der Waals surface area contributed by atoms with Crippen LogP contribution in [0.1, 0.15) is 61.8 Å². The summed E-state index contributed by atoms with van der Waals surface area (Å²) in [5.41, 5.74) is 4.78. The molecule has 1 aliphatic rings. The Hall–Kier alpha value is -4.63. The van der Waals surface area contributed by atoms with Gasteiger partial charge < -0.3 is 10.1 Å². The highest BCUT2D eigenvalue weighted by Gasteiger charge is 2.20. The molecule has 5 aromatic rings. The Kier molecular flexibility index (Phi) is 6.51. The lowest BCUT2D eigenvalue weighted by atomic mass is 9.94. The third kappa shape index (κ3) is 5.03. The summed E-state index contributed by atoms with van der Waals surface area (Å²) in [7, 11) is 0. The normalized spacial score (nSPS) is 13.2. The van der Waals surface area contributed by atoms with E-state index >= 15 is 0 Å². The van der Waals surface area contributed by atoms with Gasteiger partial charge in [-0.25, -0.2) is 4.98 Å². The van der Waals surface area contributed by atoms with Crippen molar-refractivity contribution in [3.05, 3.63) is 76.9 Å². The summed E-state index contributed by atoms with van der Waals surface area (Å²) >= 11 is 0. The summed E-state index contributed by atoms with van der Waals surface area (Å²) in [4.78, 5) is 8.47. The molecule has 0 spiro atoms. The molecule has 0 aliphatic heterocycles. The Balaban J connectivity index is 1.55. The zero-order valence-electron chi connectivity index (χ0n) is 22.8. The maximum Gasteiger partial charge on any atom is 0.141 e. The molecular formula is C35H30N4O. The van der Waals surface area contributed by atoms with Crippen molar-refractivity contribution in [3.63, 3.8) is 0 Å². The first-order valence-corrected chi connectivity index (χ1v) is 13.9. The van der Waals surface area contributed by atoms with E-state index in [1.165, 1.54) is 24.0 Å². The van der Waals surface area contributed by atoms with Crippen LogP contribution >= 0.6 is 0 Å². The van der Waals surface area contributed by atoms with Crippen molar-refractivity contribution >= 4 is 32.6 Å². The standard InChI is InChI=1S/C35H30N4O/c1-35(2,40)17-5-8-24-14-16-28-30(19-24)29-18-23(7-3-6-22-11-12-22)13-15-27(29)32-33(28)39-34(38-32)31-25(20-36)9-4-10-26(31)21-37/h4,9-10,13-16,18-19,22,40H,5,7-8,11-12,17H2,1-2H3,(H,38,39). The van der Waals surface area contributed by atoms with Crippen molar-refractivity contribution in [3.8, 4) is 35.4 Å². The van der Waals surface area contributed by atoms with Crippen LogP contribution in [0, 0.1) is 40.4 Å². The number of aromatic nitrogens is 2. The fourth-order valence-corrected chi connectivity index (χ4v) is 5.44. The zero-order chi connectivity index (χ0) is 27.9. The van der Waals surface area contributed by atoms with Gasteiger partial charge in [-0.05, 0) is 86.1 Å². The molecule has 0 atom stereocenters. The summed E-state index contributed by atoms with van der Waals surface area (Å²) < 4.78 is 0. The van der Waals surface area contributed by atoms with Crippen LogP contribution in [0.3, 0.4) is 0 Å². The molecule has 196 valence electrons. The number of rotatable bonds is 6. The van der Waals surface area contributed by atoms with Gasteiger partial charge in [-0.1, -0.05) is 48.2 Å². The van der Waals surface area contributed by atoms with E-state index in [0.717, 1.165) is 51.8 Å². The van der Waals surface area contributed by atoms with Crippen LogP contribution in [0.5, 0.6) is 0 Å². The summed E-state index contributed by atoms with van der Waals surface area (Å²) in [6.45, 7) is 3.70. The Morgan fingerprint density at radius 2 is 1.60 bits per heavy atom. The third-order valence-corrected chi connectivity index (χ3v) is 7.66. The predicted molar refractivity (Wildman–Crippen MR) is 159 cm³/mol. The molecule has 1 saturated carbocycles. The van der Waals surface area contributed by atoms with E-state index in [4.69, 9.17) is 4.98 Å². The smallest absolute Gasteiger partial charge is 0.141 e. The summed E-state index contributed by atoms with van der Waals surface area (Å²) in [6, 6.07) is 22.6. The van der Waals surface area contributed by atoms with Crippen LogP contribution < -0.4 is 0 Å². The van der Waals surface area contributed by atoms with E-state index in [0.29, 0.717) is 34.9 Å². The number of nitrogens with one attached hydrogen (secondary N) is 1. The molecule has 5 nitrogen and oxygen atoms in total. The Morgan fingerprint density at radius 1 is 0.925 bits per heavy atom. The van der Waals surface area contributed by atoms with Crippen LogP contribution in [0.15, 0.2) is 54.6 Å². The summed E-state index contributed by atoms with van der Waals surface area (Å²) in [5, 5.41) is 34.0. The van der Waals surface area contributed by atoms with Crippen LogP contribution in [-0.2, 0) is 12.8 Å². The minimum atomic E-state index is -0.680. The predicted octanol–water partition coefficient (Wildman–Crippen LogP) is 7.33. The van der Waals surface area contributed by atoms with Crippen molar-refractivity contribution in [2.24, 2.45) is 5.92 Å². The molecule has 0 saturated heterocycles. The van der Waals surface area contributed by atoms with Gasteiger partial charge in [-0.3, -0.25) is 0 Å². The zero-order valence-corrected chi connectivity index (χ0v) is 22.8. The lowest BCUT2D eigenvalue weighted by Gasteiger charge is -2.16. The number of nitriles is 2. The summed E-state index contributed by atoms with van der Waals surface area (Å²) in [6.07, 6.45) is 5.65. The number of hydrogen-bond donors (Lipinski definition) is 2. The second-order valence-corrected chi connectivity index (χ2v) is 11.5. The van der Waals surface area contributed by atoms with E-state index < -0.39 is 5.60 Å². The third-order valence-electron chi connectivity index (χ3n) is 7.66. The van der Waals surface area contributed by atoms with Crippen molar-refractivity contribution in [1.29, 1.82) is 10.5 Å². The highest BCUT2D eigenvalue weighted by Crippen LogP contribution is 2.38. The van der Waals surface area contributed by atoms with Gasteiger partial charge in [0.2, 0.25) is 0 Å². The van der Waals surface area contributed by atoms with Gasteiger partial charge in [-0.15, -0.1) is 0 Å². The fraction of sp³-hybridized carbons (Fsp3) is 0.286. The van der Waals surface area contributed by atoms with E-state index in [9.17, 15) is 15.6 Å². The largest absolute Gasteiger partial charge is 0.390 e. The van der Waals surface area contributed by atoms with E-state index in [2.05, 4.69) is 65.4 Å². The molecule has 1 aliphatic carbocycles. The van der Waals surface area contributed by atoms with Crippen molar-refractivity contribution in [2.75, 3.05) is 0 Å². The Labute approximate surface area is 234 Å². The van der Waals surface area contributed by atoms with Crippen LogP contribution in [-0.4, -0.2) is 20.7 Å². The number of aliphatic hydroxyl groups is 1. The minimum absolute atomic E-state index is 0.414. The lowest BCUT2D eigenvalue weighted by Crippen LogP contribution is -2.18. The molecular weight excluding hydrogens is 492 g/mol. The molecule has 0 bridgehead atoms. The Morgan fingerprint density at radius 3 is 2.30 bits per heavy atom. The molecule has 0 amide bonds. The topological polar surface area (TPSA) is 96.5 Å². The lowest BCUT2D eigenvalue weighted by molar-refractivity contribution is 0.0689. The number of nitrogens with zero attached hydrogens (tertiary/aromatic N) is 3. The molecule has 1 aromatic heterocycles. The monoisotopic (exact) mass is 522 g/mol. The number of benzene rings is 4. The van der Waals surface area contributed by atoms with Crippen LogP contribution in [0.25, 0.3) is 44.0 Å². The van der Waals surface area contributed by atoms with Gasteiger partial charge >= 0.3 is 0 Å². The maximum absolute atomic E-state index is 10.2. The SMILES string of the molecule is CC(C)(O)CCCc1ccc2c(c1)c1cc(CC#CC3CC3)ccc1c1nc(-c3c(C#N)cccc3C#N)[nH]c21. The van der Waals surface area contributed by atoms with Crippen molar-refractivity contribution < 1.29 is 5.11 Å². The molecule has 4 aromatic carbocycles. The summed E-state index contributed by atoms with van der Waals surface area (Å²) in [5.74, 6) is 7.82. The van der Waals surface area contributed by atoms with E-state index in [-0.39, 0.29) is 0 Å². The van der Waals surface area contributed by atoms with Crippen molar-refractivity contribution in [2.45, 2.75) is 58.0 Å². The molecule has 0 unspecified atom stereocenters. The maximum atomic E-state index is 10.2. The van der Waals surface area contributed by atoms with Gasteiger partial charge in [0.25, 0.3) is 0 Å². The Bertz CT molecular complexity index is 1900. The quantitative estimate of drug-likeness (QED) is 0.180. The van der Waals surface area contributed by atoms with Gasteiger partial charge in [0, 0.05) is 23.1 Å². The number of H-pyrrole nitrogens is 1. The van der Waals surface area contributed by atoms with E-state index in [1.54, 1.807) is 18.2 Å². The highest BCUT2D eigenvalue weighted by molar-refractivity contribution is 6.23. The molecule has 6 rings (SSSR count). The van der Waals surface area contributed by atoms with Gasteiger partial charge in [0.1, 0.15) is 5.82 Å². The molecule has 1 heterocycles. The average molecular weight is 523 g/mol. The van der Waals surface area contributed by atoms with Crippen LogP contribution in [0.4, 0.5) is 0 Å². The number of aryl methyl sites for hydroxylation is 1. The van der Waals surface area contributed by atoms with E-state index in [1.807, 2.05) is 13.8 Å². The molecule has 5 heteroatoms. The first-order chi connectivity index (χ1) is 19.3. The van der Waals surface area contributed by atoms with Gasteiger partial charge in [0.15, 0.2) is 0 Å². The first kappa shape index (κ1) is 25.6. The van der Waals surface area contributed by atoms with Crippen molar-refractivity contribution in [1.82, 2.24) is 9.97 Å². The average Bonchev–Trinajstić information content (AvgIpc) is 3.67. The highest BCUT2D eigenvalue weighted by atomic mass is 16.3. The number of imidazole rings is 1. The second kappa shape index (κ2) is 10.2. The number of hydrogen-bond acceptors (Lipinski definition) is 4. The van der Waals surface area contributed by atoms with Crippen LogP contribution in [0.2, 0.25) is 0 Å². The first-order valence-electron chi connectivity index (χ1n) is 13.9. The fourth-order valence-electron chi connectivity index (χ4n) is 5.44. The number of aromatic amines is 1. The molecule has 1 fully saturated rings. The minimum Gasteiger partial charge on any atom is -0.390 e. The number of fused-ring (bicyclic) bond motifs is 6. The molecule has 40 heavy (non-hydrogen) atoms. The second-order valence-electron chi connectivity index (χ2n) is 11.5. The molecule has 2 N–H and O–H groups in total. The molecule has 0 radical (unpaired) electrons. The van der Waals surface area contributed by atoms with Gasteiger partial charge in [0.05, 0.1) is 45.5 Å². The van der Waals surface area contributed by atoms with Gasteiger partial charge in [-0.2, -0.15) is 10.5 Å².